The lowest BCUT2D eigenvalue weighted by molar-refractivity contribution is -0.119. The first-order chi connectivity index (χ1) is 7.74. The summed E-state index contributed by atoms with van der Waals surface area (Å²) in [4.78, 5) is 11.0. The molecule has 0 radical (unpaired) electrons. The zero-order valence-corrected chi connectivity index (χ0v) is 10.8. The molecule has 1 atom stereocenters. The Labute approximate surface area is 101 Å². The molecule has 94 valence electrons. The van der Waals surface area contributed by atoms with Crippen molar-refractivity contribution >= 4 is 15.9 Å². The number of aryl methyl sites for hydroxylation is 2. The first kappa shape index (κ1) is 13.7. The average Bonchev–Trinajstić information content (AvgIpc) is 2.20. The van der Waals surface area contributed by atoms with E-state index in [4.69, 9.17) is 5.73 Å². The number of primary amides is 1. The van der Waals surface area contributed by atoms with E-state index in [9.17, 15) is 13.2 Å². The van der Waals surface area contributed by atoms with Gasteiger partial charge in [0.05, 0.1) is 10.9 Å². The average molecular weight is 256 g/mol. The zero-order valence-electron chi connectivity index (χ0n) is 10.0. The number of nitrogens with two attached hydrogens (primary N) is 1. The van der Waals surface area contributed by atoms with Gasteiger partial charge in [0, 0.05) is 0 Å². The monoisotopic (exact) mass is 256 g/mol. The molecule has 1 amide bonds. The highest BCUT2D eigenvalue weighted by Crippen LogP contribution is 2.16. The van der Waals surface area contributed by atoms with Crippen LogP contribution in [0.5, 0.6) is 0 Å². The normalized spacial score (nSPS) is 13.4. The lowest BCUT2D eigenvalue weighted by Gasteiger charge is -2.13. The first-order valence-corrected chi connectivity index (χ1v) is 6.61. The highest BCUT2D eigenvalue weighted by Gasteiger charge is 2.21. The summed E-state index contributed by atoms with van der Waals surface area (Å²) in [6.07, 6.45) is 0. The predicted octanol–water partition coefficient (Wildman–Crippen LogP) is 0.456. The number of carbonyl (C=O) groups excluding carboxylic acids is 1. The largest absolute Gasteiger partial charge is 0.368 e. The molecule has 0 heterocycles. The van der Waals surface area contributed by atoms with Crippen molar-refractivity contribution in [2.75, 3.05) is 0 Å². The van der Waals surface area contributed by atoms with E-state index >= 15 is 0 Å². The minimum absolute atomic E-state index is 0.172. The molecule has 1 aromatic carbocycles. The minimum Gasteiger partial charge on any atom is -0.368 e. The summed E-state index contributed by atoms with van der Waals surface area (Å²) in [5.41, 5.74) is 6.48. The zero-order chi connectivity index (χ0) is 13.2. The Bertz CT molecular complexity index is 538. The van der Waals surface area contributed by atoms with E-state index in [0.717, 1.165) is 5.56 Å². The van der Waals surface area contributed by atoms with Crippen molar-refractivity contribution in [2.45, 2.75) is 31.7 Å². The second-order valence-electron chi connectivity index (χ2n) is 4.01. The predicted molar refractivity (Wildman–Crippen MR) is 64.9 cm³/mol. The Morgan fingerprint density at radius 1 is 1.35 bits per heavy atom. The molecular formula is C11H16N2O3S. The summed E-state index contributed by atoms with van der Waals surface area (Å²) in [5.74, 6) is -0.709. The van der Waals surface area contributed by atoms with Crippen LogP contribution in [0.3, 0.4) is 0 Å². The van der Waals surface area contributed by atoms with Gasteiger partial charge in [0.25, 0.3) is 0 Å². The highest BCUT2D eigenvalue weighted by molar-refractivity contribution is 7.89. The van der Waals surface area contributed by atoms with E-state index in [1.54, 1.807) is 26.0 Å². The van der Waals surface area contributed by atoms with Crippen LogP contribution in [0.15, 0.2) is 23.1 Å². The topological polar surface area (TPSA) is 89.3 Å². The van der Waals surface area contributed by atoms with Crippen molar-refractivity contribution in [3.63, 3.8) is 0 Å². The van der Waals surface area contributed by atoms with Crippen molar-refractivity contribution in [3.8, 4) is 0 Å². The van der Waals surface area contributed by atoms with Crippen molar-refractivity contribution in [1.29, 1.82) is 0 Å². The quantitative estimate of drug-likeness (QED) is 0.820. The number of hydrogen-bond acceptors (Lipinski definition) is 3. The first-order valence-electron chi connectivity index (χ1n) is 5.13. The third-order valence-electron chi connectivity index (χ3n) is 2.39. The van der Waals surface area contributed by atoms with Crippen LogP contribution >= 0.6 is 0 Å². The van der Waals surface area contributed by atoms with Crippen LogP contribution in [0.1, 0.15) is 18.1 Å². The molecule has 5 nitrogen and oxygen atoms in total. The smallest absolute Gasteiger partial charge is 0.241 e. The van der Waals surface area contributed by atoms with Crippen molar-refractivity contribution < 1.29 is 13.2 Å². The molecule has 0 aliphatic heterocycles. The summed E-state index contributed by atoms with van der Waals surface area (Å²) >= 11 is 0. The molecule has 0 aromatic heterocycles. The number of sulfonamides is 1. The van der Waals surface area contributed by atoms with Crippen LogP contribution in [0.4, 0.5) is 0 Å². The molecule has 0 aliphatic carbocycles. The SMILES string of the molecule is Cc1ccc(C)c(S(=O)(=O)NC(C)C(N)=O)c1. The Hall–Kier alpha value is -1.40. The molecule has 1 unspecified atom stereocenters. The Balaban J connectivity index is 3.13. The lowest BCUT2D eigenvalue weighted by Crippen LogP contribution is -2.42. The van der Waals surface area contributed by atoms with Crippen LogP contribution in [0.25, 0.3) is 0 Å². The molecule has 1 aromatic rings. The fourth-order valence-electron chi connectivity index (χ4n) is 1.35. The Morgan fingerprint density at radius 2 is 1.94 bits per heavy atom. The fraction of sp³-hybridized carbons (Fsp3) is 0.364. The van der Waals surface area contributed by atoms with Gasteiger partial charge in [0.1, 0.15) is 0 Å². The van der Waals surface area contributed by atoms with Crippen LogP contribution in [-0.4, -0.2) is 20.4 Å². The minimum atomic E-state index is -3.71. The van der Waals surface area contributed by atoms with Crippen LogP contribution in [-0.2, 0) is 14.8 Å². The van der Waals surface area contributed by atoms with E-state index in [2.05, 4.69) is 4.72 Å². The third-order valence-corrected chi connectivity index (χ3v) is 4.07. The van der Waals surface area contributed by atoms with Crippen molar-refractivity contribution in [2.24, 2.45) is 5.73 Å². The molecule has 0 saturated heterocycles. The summed E-state index contributed by atoms with van der Waals surface area (Å²) in [6.45, 7) is 4.91. The maximum Gasteiger partial charge on any atom is 0.241 e. The second-order valence-corrected chi connectivity index (χ2v) is 5.70. The molecule has 0 bridgehead atoms. The highest BCUT2D eigenvalue weighted by atomic mass is 32.2. The molecule has 17 heavy (non-hydrogen) atoms. The van der Waals surface area contributed by atoms with Gasteiger partial charge in [0.15, 0.2) is 0 Å². The summed E-state index contributed by atoms with van der Waals surface area (Å²) in [7, 11) is -3.71. The van der Waals surface area contributed by atoms with Crippen LogP contribution in [0.2, 0.25) is 0 Å². The molecule has 0 aliphatic rings. The van der Waals surface area contributed by atoms with E-state index < -0.39 is 22.0 Å². The standard InChI is InChI=1S/C11H16N2O3S/c1-7-4-5-8(2)10(6-7)17(15,16)13-9(3)11(12)14/h4-6,9,13H,1-3H3,(H2,12,14). The van der Waals surface area contributed by atoms with Gasteiger partial charge < -0.3 is 5.73 Å². The Morgan fingerprint density at radius 3 is 2.47 bits per heavy atom. The van der Waals surface area contributed by atoms with E-state index in [0.29, 0.717) is 5.56 Å². The van der Waals surface area contributed by atoms with Crippen LogP contribution in [0, 0.1) is 13.8 Å². The molecule has 6 heteroatoms. The number of benzene rings is 1. The van der Waals surface area contributed by atoms with Gasteiger partial charge in [-0.05, 0) is 38.0 Å². The number of hydrogen-bond donors (Lipinski definition) is 2. The summed E-state index contributed by atoms with van der Waals surface area (Å²) in [5, 5.41) is 0. The number of nitrogens with one attached hydrogen (secondary N) is 1. The van der Waals surface area contributed by atoms with Gasteiger partial charge in [-0.15, -0.1) is 0 Å². The van der Waals surface area contributed by atoms with Gasteiger partial charge in [0.2, 0.25) is 15.9 Å². The van der Waals surface area contributed by atoms with Crippen LogP contribution < -0.4 is 10.5 Å². The van der Waals surface area contributed by atoms with Gasteiger partial charge in [-0.2, -0.15) is 4.72 Å². The molecular weight excluding hydrogens is 240 g/mol. The van der Waals surface area contributed by atoms with E-state index in [1.165, 1.54) is 6.92 Å². The van der Waals surface area contributed by atoms with Crippen molar-refractivity contribution in [3.05, 3.63) is 29.3 Å². The fourth-order valence-corrected chi connectivity index (χ4v) is 2.89. The Kier molecular flexibility index (Phi) is 3.90. The van der Waals surface area contributed by atoms with Gasteiger partial charge >= 0.3 is 0 Å². The number of rotatable bonds is 4. The number of carbonyl (C=O) groups is 1. The maximum absolute atomic E-state index is 12.0. The van der Waals surface area contributed by atoms with Crippen molar-refractivity contribution in [1.82, 2.24) is 4.72 Å². The molecule has 0 saturated carbocycles. The van der Waals surface area contributed by atoms with Gasteiger partial charge in [-0.25, -0.2) is 8.42 Å². The van der Waals surface area contributed by atoms with Gasteiger partial charge in [-0.3, -0.25) is 4.79 Å². The molecule has 0 fully saturated rings. The van der Waals surface area contributed by atoms with E-state index in [-0.39, 0.29) is 4.90 Å². The second kappa shape index (κ2) is 4.85. The van der Waals surface area contributed by atoms with E-state index in [1.807, 2.05) is 6.07 Å². The number of amides is 1. The summed E-state index contributed by atoms with van der Waals surface area (Å²) < 4.78 is 26.2. The maximum atomic E-state index is 12.0. The summed E-state index contributed by atoms with van der Waals surface area (Å²) in [6, 6.07) is 4.18. The lowest BCUT2D eigenvalue weighted by atomic mass is 10.2. The third kappa shape index (κ3) is 3.28. The molecule has 0 spiro atoms. The van der Waals surface area contributed by atoms with Gasteiger partial charge in [-0.1, -0.05) is 12.1 Å². The molecule has 3 N–H and O–H groups in total. The molecule has 1 rings (SSSR count).